The van der Waals surface area contributed by atoms with Crippen LogP contribution in [0.3, 0.4) is 0 Å². The van der Waals surface area contributed by atoms with E-state index in [1.54, 1.807) is 0 Å². The lowest BCUT2D eigenvalue weighted by atomic mass is 9.95. The van der Waals surface area contributed by atoms with E-state index in [0.29, 0.717) is 24.9 Å². The molecule has 126 valence electrons. The molecule has 1 amide bonds. The second-order valence-corrected chi connectivity index (χ2v) is 7.02. The van der Waals surface area contributed by atoms with Gasteiger partial charge in [-0.2, -0.15) is 0 Å². The van der Waals surface area contributed by atoms with Crippen LogP contribution < -0.4 is 16.4 Å². The fourth-order valence-electron chi connectivity index (χ4n) is 2.05. The maximum atomic E-state index is 11.7. The van der Waals surface area contributed by atoms with Crippen LogP contribution in [0.1, 0.15) is 54.4 Å². The zero-order valence-corrected chi connectivity index (χ0v) is 14.7. The summed E-state index contributed by atoms with van der Waals surface area (Å²) in [6.45, 7) is 14.3. The SMILES string of the molecule is CCCC(CNC(=O)OC(C)(C)C)NCC(CN)C(C)C. The smallest absolute Gasteiger partial charge is 0.407 e. The molecule has 2 atom stereocenters. The lowest BCUT2D eigenvalue weighted by molar-refractivity contribution is 0.0521. The third kappa shape index (κ3) is 10.5. The second kappa shape index (κ2) is 10.0. The Balaban J connectivity index is 4.21. The van der Waals surface area contributed by atoms with Gasteiger partial charge in [0.05, 0.1) is 0 Å². The van der Waals surface area contributed by atoms with Gasteiger partial charge in [-0.25, -0.2) is 4.79 Å². The molecule has 4 N–H and O–H groups in total. The standard InChI is InChI=1S/C16H35N3O2/c1-7-8-14(18-10-13(9-17)12(2)3)11-19-15(20)21-16(4,5)6/h12-14,18H,7-11,17H2,1-6H3,(H,19,20). The van der Waals surface area contributed by atoms with Crippen molar-refractivity contribution >= 4 is 6.09 Å². The van der Waals surface area contributed by atoms with Gasteiger partial charge in [-0.1, -0.05) is 27.2 Å². The number of hydrogen-bond acceptors (Lipinski definition) is 4. The Morgan fingerprint density at radius 2 is 1.86 bits per heavy atom. The summed E-state index contributed by atoms with van der Waals surface area (Å²) in [6.07, 6.45) is 1.73. The molecule has 0 radical (unpaired) electrons. The topological polar surface area (TPSA) is 76.4 Å². The highest BCUT2D eigenvalue weighted by atomic mass is 16.6. The lowest BCUT2D eigenvalue weighted by Crippen LogP contribution is -2.45. The van der Waals surface area contributed by atoms with Crippen molar-refractivity contribution in [3.63, 3.8) is 0 Å². The fourth-order valence-corrected chi connectivity index (χ4v) is 2.05. The van der Waals surface area contributed by atoms with Crippen molar-refractivity contribution in [2.75, 3.05) is 19.6 Å². The highest BCUT2D eigenvalue weighted by molar-refractivity contribution is 5.67. The molecule has 0 rings (SSSR count). The molecule has 5 heteroatoms. The van der Waals surface area contributed by atoms with E-state index < -0.39 is 5.60 Å². The van der Waals surface area contributed by atoms with Crippen LogP contribution in [0, 0.1) is 11.8 Å². The van der Waals surface area contributed by atoms with E-state index in [1.807, 2.05) is 20.8 Å². The monoisotopic (exact) mass is 301 g/mol. The van der Waals surface area contributed by atoms with Crippen LogP contribution in [0.15, 0.2) is 0 Å². The van der Waals surface area contributed by atoms with Crippen molar-refractivity contribution in [2.45, 2.75) is 66.0 Å². The molecule has 0 aliphatic heterocycles. The predicted molar refractivity (Wildman–Crippen MR) is 88.3 cm³/mol. The van der Waals surface area contributed by atoms with Crippen molar-refractivity contribution in [1.29, 1.82) is 0 Å². The quantitative estimate of drug-likeness (QED) is 0.611. The molecule has 0 saturated carbocycles. The van der Waals surface area contributed by atoms with Crippen LogP contribution in [-0.2, 0) is 4.74 Å². The number of nitrogens with one attached hydrogen (secondary N) is 2. The van der Waals surface area contributed by atoms with E-state index in [9.17, 15) is 4.79 Å². The molecule has 0 aromatic heterocycles. The van der Waals surface area contributed by atoms with Crippen LogP contribution >= 0.6 is 0 Å². The minimum absolute atomic E-state index is 0.260. The maximum absolute atomic E-state index is 11.7. The number of rotatable bonds is 9. The van der Waals surface area contributed by atoms with E-state index >= 15 is 0 Å². The van der Waals surface area contributed by atoms with Crippen LogP contribution in [0.5, 0.6) is 0 Å². The van der Waals surface area contributed by atoms with Gasteiger partial charge in [-0.3, -0.25) is 0 Å². The number of alkyl carbamates (subject to hydrolysis) is 1. The Morgan fingerprint density at radius 3 is 2.29 bits per heavy atom. The fraction of sp³-hybridized carbons (Fsp3) is 0.938. The summed E-state index contributed by atoms with van der Waals surface area (Å²) in [5, 5.41) is 6.36. The molecule has 0 fully saturated rings. The number of carbonyl (C=O) groups excluding carboxylic acids is 1. The van der Waals surface area contributed by atoms with Crippen molar-refractivity contribution in [3.05, 3.63) is 0 Å². The summed E-state index contributed by atoms with van der Waals surface area (Å²) in [5.41, 5.74) is 5.34. The minimum atomic E-state index is -0.458. The summed E-state index contributed by atoms with van der Waals surface area (Å²) in [7, 11) is 0. The van der Waals surface area contributed by atoms with Crippen LogP contribution in [0.2, 0.25) is 0 Å². The molecular formula is C16H35N3O2. The molecule has 0 spiro atoms. The second-order valence-electron chi connectivity index (χ2n) is 7.02. The van der Waals surface area contributed by atoms with Crippen molar-refractivity contribution in [1.82, 2.24) is 10.6 Å². The van der Waals surface area contributed by atoms with E-state index in [2.05, 4.69) is 31.4 Å². The summed E-state index contributed by atoms with van der Waals surface area (Å²) in [4.78, 5) is 11.7. The Hall–Kier alpha value is -0.810. The average molecular weight is 301 g/mol. The summed E-state index contributed by atoms with van der Waals surface area (Å²) >= 11 is 0. The Bertz CT molecular complexity index is 288. The van der Waals surface area contributed by atoms with Gasteiger partial charge in [0.1, 0.15) is 5.60 Å². The van der Waals surface area contributed by atoms with Crippen molar-refractivity contribution < 1.29 is 9.53 Å². The third-order valence-electron chi connectivity index (χ3n) is 3.44. The zero-order valence-electron chi connectivity index (χ0n) is 14.7. The first-order valence-corrected chi connectivity index (χ1v) is 8.09. The number of ether oxygens (including phenoxy) is 1. The van der Waals surface area contributed by atoms with E-state index in [4.69, 9.17) is 10.5 Å². The molecule has 5 nitrogen and oxygen atoms in total. The first-order chi connectivity index (χ1) is 9.69. The molecule has 0 heterocycles. The van der Waals surface area contributed by atoms with Gasteiger partial charge in [0, 0.05) is 12.6 Å². The van der Waals surface area contributed by atoms with Crippen LogP contribution in [0.4, 0.5) is 4.79 Å². The van der Waals surface area contributed by atoms with Gasteiger partial charge in [0.25, 0.3) is 0 Å². The Morgan fingerprint density at radius 1 is 1.24 bits per heavy atom. The van der Waals surface area contributed by atoms with Gasteiger partial charge >= 0.3 is 6.09 Å². The first-order valence-electron chi connectivity index (χ1n) is 8.09. The van der Waals surface area contributed by atoms with Gasteiger partial charge in [-0.05, 0) is 52.1 Å². The molecule has 0 aliphatic carbocycles. The van der Waals surface area contributed by atoms with Gasteiger partial charge in [-0.15, -0.1) is 0 Å². The Labute approximate surface area is 130 Å². The molecule has 0 aromatic rings. The molecule has 0 saturated heterocycles. The Kier molecular flexibility index (Phi) is 9.62. The van der Waals surface area contributed by atoms with Gasteiger partial charge in [0.2, 0.25) is 0 Å². The van der Waals surface area contributed by atoms with Crippen LogP contribution in [-0.4, -0.2) is 37.4 Å². The number of nitrogens with two attached hydrogens (primary N) is 1. The predicted octanol–water partition coefficient (Wildman–Crippen LogP) is 2.50. The lowest BCUT2D eigenvalue weighted by Gasteiger charge is -2.25. The van der Waals surface area contributed by atoms with Gasteiger partial charge < -0.3 is 21.1 Å². The average Bonchev–Trinajstić information content (AvgIpc) is 2.34. The van der Waals surface area contributed by atoms with E-state index in [1.165, 1.54) is 0 Å². The summed E-state index contributed by atoms with van der Waals surface area (Å²) in [6, 6.07) is 0.260. The molecule has 0 bridgehead atoms. The summed E-state index contributed by atoms with van der Waals surface area (Å²) in [5.74, 6) is 1.02. The number of carbonyl (C=O) groups is 1. The molecule has 0 aromatic carbocycles. The largest absolute Gasteiger partial charge is 0.444 e. The van der Waals surface area contributed by atoms with Crippen LogP contribution in [0.25, 0.3) is 0 Å². The molecule has 21 heavy (non-hydrogen) atoms. The van der Waals surface area contributed by atoms with Crippen molar-refractivity contribution in [3.8, 4) is 0 Å². The third-order valence-corrected chi connectivity index (χ3v) is 3.44. The van der Waals surface area contributed by atoms with Crippen molar-refractivity contribution in [2.24, 2.45) is 17.6 Å². The highest BCUT2D eigenvalue weighted by Crippen LogP contribution is 2.09. The normalized spacial score (nSPS) is 14.9. The summed E-state index contributed by atoms with van der Waals surface area (Å²) < 4.78 is 5.25. The molecular weight excluding hydrogens is 266 g/mol. The van der Waals surface area contributed by atoms with E-state index in [-0.39, 0.29) is 12.1 Å². The molecule has 0 aliphatic rings. The number of hydrogen-bond donors (Lipinski definition) is 3. The maximum Gasteiger partial charge on any atom is 0.407 e. The van der Waals surface area contributed by atoms with E-state index in [0.717, 1.165) is 19.4 Å². The minimum Gasteiger partial charge on any atom is -0.444 e. The highest BCUT2D eigenvalue weighted by Gasteiger charge is 2.18. The van der Waals surface area contributed by atoms with Gasteiger partial charge in [0.15, 0.2) is 0 Å². The number of amides is 1. The first kappa shape index (κ1) is 20.2. The molecule has 2 unspecified atom stereocenters. The zero-order chi connectivity index (χ0) is 16.5.